The third kappa shape index (κ3) is 3.64. The highest BCUT2D eigenvalue weighted by molar-refractivity contribution is 7.14. The van der Waals surface area contributed by atoms with E-state index in [9.17, 15) is 4.79 Å². The molecule has 84 valence electrons. The fraction of sp³-hybridized carbons (Fsp3) is 0.545. The number of carboxylic acids is 1. The third-order valence-electron chi connectivity index (χ3n) is 1.89. The SMILES string of the molecule is Cc1sc(C(=O)O)cc1COC(C)(C)C. The van der Waals surface area contributed by atoms with E-state index >= 15 is 0 Å². The first kappa shape index (κ1) is 12.2. The largest absolute Gasteiger partial charge is 0.477 e. The summed E-state index contributed by atoms with van der Waals surface area (Å²) in [6.07, 6.45) is 0. The number of aromatic carboxylic acids is 1. The third-order valence-corrected chi connectivity index (χ3v) is 2.97. The maximum atomic E-state index is 10.7. The molecule has 0 bridgehead atoms. The van der Waals surface area contributed by atoms with Crippen LogP contribution in [0.15, 0.2) is 6.07 Å². The molecule has 1 aromatic heterocycles. The second-order valence-corrected chi connectivity index (χ2v) is 5.65. The van der Waals surface area contributed by atoms with Crippen LogP contribution in [0.25, 0.3) is 0 Å². The molecule has 1 N–H and O–H groups in total. The van der Waals surface area contributed by atoms with Crippen molar-refractivity contribution in [2.45, 2.75) is 39.9 Å². The zero-order valence-corrected chi connectivity index (χ0v) is 10.3. The van der Waals surface area contributed by atoms with Crippen LogP contribution in [0.4, 0.5) is 0 Å². The van der Waals surface area contributed by atoms with Gasteiger partial charge < -0.3 is 9.84 Å². The molecule has 0 aliphatic rings. The summed E-state index contributed by atoms with van der Waals surface area (Å²) in [5, 5.41) is 8.82. The molecule has 1 rings (SSSR count). The molecule has 1 aromatic rings. The Balaban J connectivity index is 2.74. The van der Waals surface area contributed by atoms with Crippen molar-refractivity contribution in [1.82, 2.24) is 0 Å². The smallest absolute Gasteiger partial charge is 0.345 e. The molecular weight excluding hydrogens is 212 g/mol. The molecule has 0 spiro atoms. The molecule has 1 heterocycles. The lowest BCUT2D eigenvalue weighted by Crippen LogP contribution is -2.18. The van der Waals surface area contributed by atoms with Gasteiger partial charge in [0.15, 0.2) is 0 Å². The highest BCUT2D eigenvalue weighted by atomic mass is 32.1. The summed E-state index contributed by atoms with van der Waals surface area (Å²) in [6.45, 7) is 8.32. The Morgan fingerprint density at radius 1 is 1.53 bits per heavy atom. The van der Waals surface area contributed by atoms with Crippen molar-refractivity contribution in [2.75, 3.05) is 0 Å². The lowest BCUT2D eigenvalue weighted by atomic mass is 10.2. The van der Waals surface area contributed by atoms with Crippen molar-refractivity contribution in [1.29, 1.82) is 0 Å². The molecule has 0 fully saturated rings. The summed E-state index contributed by atoms with van der Waals surface area (Å²) in [6, 6.07) is 1.69. The van der Waals surface area contributed by atoms with E-state index in [1.807, 2.05) is 27.7 Å². The van der Waals surface area contributed by atoms with E-state index in [0.717, 1.165) is 10.4 Å². The predicted octanol–water partition coefficient (Wildman–Crippen LogP) is 3.07. The molecule has 0 radical (unpaired) electrons. The summed E-state index contributed by atoms with van der Waals surface area (Å²) in [5.74, 6) is -0.870. The second kappa shape index (κ2) is 4.33. The number of hydrogen-bond donors (Lipinski definition) is 1. The highest BCUT2D eigenvalue weighted by Gasteiger charge is 2.14. The van der Waals surface area contributed by atoms with Crippen molar-refractivity contribution >= 4 is 17.3 Å². The average molecular weight is 228 g/mol. The lowest BCUT2D eigenvalue weighted by molar-refractivity contribution is -0.0150. The molecule has 0 aliphatic carbocycles. The maximum absolute atomic E-state index is 10.7. The Morgan fingerprint density at radius 2 is 2.13 bits per heavy atom. The molecular formula is C11H16O3S. The molecule has 0 saturated heterocycles. The Labute approximate surface area is 93.7 Å². The van der Waals surface area contributed by atoms with E-state index < -0.39 is 5.97 Å². The molecule has 0 atom stereocenters. The molecule has 0 amide bonds. The summed E-state index contributed by atoms with van der Waals surface area (Å²) >= 11 is 1.29. The minimum absolute atomic E-state index is 0.197. The van der Waals surface area contributed by atoms with Gasteiger partial charge in [0.1, 0.15) is 4.88 Å². The van der Waals surface area contributed by atoms with Crippen LogP contribution in [0.5, 0.6) is 0 Å². The van der Waals surface area contributed by atoms with Crippen molar-refractivity contribution in [2.24, 2.45) is 0 Å². The Hall–Kier alpha value is -0.870. The minimum Gasteiger partial charge on any atom is -0.477 e. The molecule has 15 heavy (non-hydrogen) atoms. The average Bonchev–Trinajstić information content (AvgIpc) is 2.42. The monoisotopic (exact) mass is 228 g/mol. The van der Waals surface area contributed by atoms with Gasteiger partial charge in [-0.05, 0) is 39.3 Å². The fourth-order valence-corrected chi connectivity index (χ4v) is 1.93. The van der Waals surface area contributed by atoms with Crippen LogP contribution < -0.4 is 0 Å². The first-order valence-electron chi connectivity index (χ1n) is 4.76. The van der Waals surface area contributed by atoms with E-state index in [0.29, 0.717) is 11.5 Å². The minimum atomic E-state index is -0.870. The standard InChI is InChI=1S/C11H16O3S/c1-7-8(6-14-11(2,3)4)5-9(15-7)10(12)13/h5H,6H2,1-4H3,(H,12,13). The number of carbonyl (C=O) groups is 1. The van der Waals surface area contributed by atoms with Crippen LogP contribution in [0.3, 0.4) is 0 Å². The van der Waals surface area contributed by atoms with Crippen molar-refractivity contribution in [3.63, 3.8) is 0 Å². The lowest BCUT2D eigenvalue weighted by Gasteiger charge is -2.19. The summed E-state index contributed by atoms with van der Waals surface area (Å²) < 4.78 is 5.60. The second-order valence-electron chi connectivity index (χ2n) is 4.40. The molecule has 3 nitrogen and oxygen atoms in total. The van der Waals surface area contributed by atoms with E-state index in [-0.39, 0.29) is 5.60 Å². The van der Waals surface area contributed by atoms with E-state index in [2.05, 4.69) is 0 Å². The number of carboxylic acid groups (broad SMARTS) is 1. The van der Waals surface area contributed by atoms with Crippen LogP contribution >= 0.6 is 11.3 Å². The zero-order valence-electron chi connectivity index (χ0n) is 9.46. The van der Waals surface area contributed by atoms with Crippen molar-refractivity contribution in [3.8, 4) is 0 Å². The van der Waals surface area contributed by atoms with E-state index in [1.165, 1.54) is 11.3 Å². The number of aryl methyl sites for hydroxylation is 1. The summed E-state index contributed by atoms with van der Waals surface area (Å²) in [5.41, 5.74) is 0.768. The summed E-state index contributed by atoms with van der Waals surface area (Å²) in [4.78, 5) is 12.1. The molecule has 0 aromatic carbocycles. The Kier molecular flexibility index (Phi) is 3.52. The first-order chi connectivity index (χ1) is 6.79. The molecule has 4 heteroatoms. The molecule has 0 aliphatic heterocycles. The van der Waals surface area contributed by atoms with Crippen molar-refractivity contribution in [3.05, 3.63) is 21.4 Å². The van der Waals surface area contributed by atoms with Gasteiger partial charge in [0, 0.05) is 4.88 Å². The number of rotatable bonds is 3. The van der Waals surface area contributed by atoms with Crippen LogP contribution in [-0.2, 0) is 11.3 Å². The normalized spacial score (nSPS) is 11.7. The van der Waals surface area contributed by atoms with Gasteiger partial charge in [0.25, 0.3) is 0 Å². The summed E-state index contributed by atoms with van der Waals surface area (Å²) in [7, 11) is 0. The number of thiophene rings is 1. The van der Waals surface area contributed by atoms with Gasteiger partial charge >= 0.3 is 5.97 Å². The van der Waals surface area contributed by atoms with Crippen LogP contribution in [-0.4, -0.2) is 16.7 Å². The van der Waals surface area contributed by atoms with Crippen LogP contribution in [0.2, 0.25) is 0 Å². The maximum Gasteiger partial charge on any atom is 0.345 e. The van der Waals surface area contributed by atoms with Gasteiger partial charge in [-0.15, -0.1) is 11.3 Å². The highest BCUT2D eigenvalue weighted by Crippen LogP contribution is 2.23. The molecule has 0 unspecified atom stereocenters. The zero-order chi connectivity index (χ0) is 11.6. The fourth-order valence-electron chi connectivity index (χ4n) is 1.06. The van der Waals surface area contributed by atoms with Gasteiger partial charge in [-0.25, -0.2) is 4.79 Å². The van der Waals surface area contributed by atoms with Gasteiger partial charge in [-0.1, -0.05) is 0 Å². The van der Waals surface area contributed by atoms with Gasteiger partial charge in [-0.2, -0.15) is 0 Å². The van der Waals surface area contributed by atoms with Gasteiger partial charge in [0.05, 0.1) is 12.2 Å². The van der Waals surface area contributed by atoms with Crippen LogP contribution in [0, 0.1) is 6.92 Å². The predicted molar refractivity (Wildman–Crippen MR) is 60.6 cm³/mol. The topological polar surface area (TPSA) is 46.5 Å². The van der Waals surface area contributed by atoms with E-state index in [1.54, 1.807) is 6.07 Å². The Bertz CT molecular complexity index is 360. The Morgan fingerprint density at radius 3 is 2.53 bits per heavy atom. The van der Waals surface area contributed by atoms with E-state index in [4.69, 9.17) is 9.84 Å². The number of hydrogen-bond acceptors (Lipinski definition) is 3. The van der Waals surface area contributed by atoms with Gasteiger partial charge in [0.2, 0.25) is 0 Å². The number of ether oxygens (including phenoxy) is 1. The van der Waals surface area contributed by atoms with Gasteiger partial charge in [-0.3, -0.25) is 0 Å². The van der Waals surface area contributed by atoms with Crippen molar-refractivity contribution < 1.29 is 14.6 Å². The quantitative estimate of drug-likeness (QED) is 0.864. The first-order valence-corrected chi connectivity index (χ1v) is 5.58. The van der Waals surface area contributed by atoms with Crippen LogP contribution in [0.1, 0.15) is 40.9 Å². The molecule has 0 saturated carbocycles.